The van der Waals surface area contributed by atoms with Crippen molar-refractivity contribution < 1.29 is 14.3 Å². The summed E-state index contributed by atoms with van der Waals surface area (Å²) in [5, 5.41) is 0. The third-order valence-electron chi connectivity index (χ3n) is 2.62. The zero-order valence-electron chi connectivity index (χ0n) is 8.10. The zero-order valence-corrected chi connectivity index (χ0v) is 9.61. The Labute approximate surface area is 92.7 Å². The standard InChI is InChI=1S/C9H12Cl2O3/c1-6(12)14-4-3-8(2)5-7(13)9(8,10)11/h3-5H2,1-2H3. The van der Waals surface area contributed by atoms with Gasteiger partial charge in [-0.25, -0.2) is 0 Å². The number of ketones is 1. The maximum atomic E-state index is 11.1. The predicted octanol–water partition coefficient (Wildman–Crippen LogP) is 2.09. The topological polar surface area (TPSA) is 43.4 Å². The molecule has 0 N–H and O–H groups in total. The van der Waals surface area contributed by atoms with Crippen molar-refractivity contribution in [2.45, 2.75) is 31.0 Å². The second-order valence-electron chi connectivity index (χ2n) is 3.83. The molecule has 3 nitrogen and oxygen atoms in total. The van der Waals surface area contributed by atoms with Crippen LogP contribution in [0.5, 0.6) is 0 Å². The number of rotatable bonds is 3. The second-order valence-corrected chi connectivity index (χ2v) is 5.15. The largest absolute Gasteiger partial charge is 0.466 e. The van der Waals surface area contributed by atoms with Crippen LogP contribution in [0.4, 0.5) is 0 Å². The molecule has 1 fully saturated rings. The van der Waals surface area contributed by atoms with Gasteiger partial charge in [-0.05, 0) is 6.42 Å². The fraction of sp³-hybridized carbons (Fsp3) is 0.778. The van der Waals surface area contributed by atoms with Gasteiger partial charge in [0.2, 0.25) is 0 Å². The number of Topliss-reactive ketones (excluding diaryl/α,β-unsaturated/α-hetero) is 1. The van der Waals surface area contributed by atoms with Crippen molar-refractivity contribution in [3.05, 3.63) is 0 Å². The van der Waals surface area contributed by atoms with Gasteiger partial charge in [0.05, 0.1) is 6.61 Å². The highest BCUT2D eigenvalue weighted by molar-refractivity contribution is 6.61. The zero-order chi connectivity index (χ0) is 11.0. The lowest BCUT2D eigenvalue weighted by atomic mass is 9.66. The number of halogens is 2. The lowest BCUT2D eigenvalue weighted by molar-refractivity contribution is -0.143. The van der Waals surface area contributed by atoms with Gasteiger partial charge in [0, 0.05) is 18.8 Å². The number of esters is 1. The van der Waals surface area contributed by atoms with Crippen molar-refractivity contribution in [1.29, 1.82) is 0 Å². The van der Waals surface area contributed by atoms with Gasteiger partial charge in [0.25, 0.3) is 0 Å². The van der Waals surface area contributed by atoms with E-state index < -0.39 is 9.75 Å². The van der Waals surface area contributed by atoms with Crippen LogP contribution in [-0.2, 0) is 14.3 Å². The van der Waals surface area contributed by atoms with Crippen LogP contribution in [0.2, 0.25) is 0 Å². The summed E-state index contributed by atoms with van der Waals surface area (Å²) in [6.07, 6.45) is 0.854. The van der Waals surface area contributed by atoms with Crippen LogP contribution in [0, 0.1) is 5.41 Å². The predicted molar refractivity (Wildman–Crippen MR) is 53.4 cm³/mol. The van der Waals surface area contributed by atoms with Gasteiger partial charge in [0.15, 0.2) is 10.1 Å². The van der Waals surface area contributed by atoms with Crippen LogP contribution in [0.25, 0.3) is 0 Å². The van der Waals surface area contributed by atoms with Crippen LogP contribution >= 0.6 is 23.2 Å². The fourth-order valence-electron chi connectivity index (χ4n) is 1.47. The summed E-state index contributed by atoms with van der Waals surface area (Å²) in [6.45, 7) is 3.40. The van der Waals surface area contributed by atoms with Crippen molar-refractivity contribution in [2.24, 2.45) is 5.41 Å². The third kappa shape index (κ3) is 1.89. The SMILES string of the molecule is CC(=O)OCCC1(C)CC(=O)C1(Cl)Cl. The second kappa shape index (κ2) is 3.70. The average molecular weight is 239 g/mol. The van der Waals surface area contributed by atoms with Crippen molar-refractivity contribution in [2.75, 3.05) is 6.61 Å². The molecule has 0 aromatic rings. The van der Waals surface area contributed by atoms with Gasteiger partial charge in [0.1, 0.15) is 0 Å². The molecule has 1 unspecified atom stereocenters. The minimum Gasteiger partial charge on any atom is -0.466 e. The highest BCUT2D eigenvalue weighted by Crippen LogP contribution is 2.56. The summed E-state index contributed by atoms with van der Waals surface area (Å²) in [5.74, 6) is -0.500. The van der Waals surface area contributed by atoms with Crippen LogP contribution < -0.4 is 0 Å². The molecule has 0 aromatic heterocycles. The maximum Gasteiger partial charge on any atom is 0.302 e. The molecule has 0 spiro atoms. The Morgan fingerprint density at radius 1 is 1.57 bits per heavy atom. The van der Waals surface area contributed by atoms with E-state index in [4.69, 9.17) is 27.9 Å². The summed E-state index contributed by atoms with van der Waals surface area (Å²) in [6, 6.07) is 0. The Bertz CT molecular complexity index is 275. The van der Waals surface area contributed by atoms with Crippen molar-refractivity contribution in [3.63, 3.8) is 0 Å². The highest BCUT2D eigenvalue weighted by Gasteiger charge is 2.61. The van der Waals surface area contributed by atoms with Crippen LogP contribution in [0.15, 0.2) is 0 Å². The van der Waals surface area contributed by atoms with Crippen molar-refractivity contribution in [1.82, 2.24) is 0 Å². The Morgan fingerprint density at radius 3 is 2.50 bits per heavy atom. The third-order valence-corrected chi connectivity index (χ3v) is 3.95. The van der Waals surface area contributed by atoms with Crippen molar-refractivity contribution in [3.8, 4) is 0 Å². The quantitative estimate of drug-likeness (QED) is 0.559. The molecule has 1 rings (SSSR count). The first-order valence-corrected chi connectivity index (χ1v) is 5.10. The molecule has 1 aliphatic rings. The van der Waals surface area contributed by atoms with Crippen LogP contribution in [0.3, 0.4) is 0 Å². The van der Waals surface area contributed by atoms with E-state index in [9.17, 15) is 9.59 Å². The summed E-state index contributed by atoms with van der Waals surface area (Å²) >= 11 is 11.7. The van der Waals surface area contributed by atoms with Gasteiger partial charge in [-0.2, -0.15) is 0 Å². The van der Waals surface area contributed by atoms with E-state index in [-0.39, 0.29) is 18.4 Å². The summed E-state index contributed by atoms with van der Waals surface area (Å²) in [7, 11) is 0. The molecule has 0 aliphatic heterocycles. The van der Waals surface area contributed by atoms with Crippen molar-refractivity contribution >= 4 is 35.0 Å². The molecule has 0 bridgehead atoms. The van der Waals surface area contributed by atoms with Gasteiger partial charge in [-0.3, -0.25) is 9.59 Å². The van der Waals surface area contributed by atoms with Gasteiger partial charge in [-0.15, -0.1) is 0 Å². The van der Waals surface area contributed by atoms with E-state index in [0.717, 1.165) is 0 Å². The van der Waals surface area contributed by atoms with Gasteiger partial charge < -0.3 is 4.74 Å². The Morgan fingerprint density at radius 2 is 2.14 bits per heavy atom. The minimum atomic E-state index is -1.31. The lowest BCUT2D eigenvalue weighted by Gasteiger charge is -2.47. The van der Waals surface area contributed by atoms with Crippen LogP contribution in [-0.4, -0.2) is 22.7 Å². The molecule has 5 heteroatoms. The minimum absolute atomic E-state index is 0.161. The Hall–Kier alpha value is -0.280. The number of hydrogen-bond acceptors (Lipinski definition) is 3. The molecule has 0 saturated heterocycles. The van der Waals surface area contributed by atoms with Gasteiger partial charge >= 0.3 is 5.97 Å². The van der Waals surface area contributed by atoms with E-state index in [2.05, 4.69) is 0 Å². The molecule has 0 aromatic carbocycles. The van der Waals surface area contributed by atoms with E-state index >= 15 is 0 Å². The number of carbonyl (C=O) groups excluding carboxylic acids is 2. The van der Waals surface area contributed by atoms with E-state index in [1.54, 1.807) is 0 Å². The molecule has 1 atom stereocenters. The van der Waals surface area contributed by atoms with E-state index in [1.807, 2.05) is 6.92 Å². The summed E-state index contributed by atoms with van der Waals surface area (Å²) < 4.78 is 3.46. The molecular formula is C9H12Cl2O3. The number of alkyl halides is 2. The highest BCUT2D eigenvalue weighted by atomic mass is 35.5. The molecule has 80 valence electrons. The average Bonchev–Trinajstić information content (AvgIpc) is 2.03. The number of hydrogen-bond donors (Lipinski definition) is 0. The van der Waals surface area contributed by atoms with E-state index in [0.29, 0.717) is 12.8 Å². The Balaban J connectivity index is 2.45. The van der Waals surface area contributed by atoms with Gasteiger partial charge in [-0.1, -0.05) is 30.1 Å². The first-order valence-electron chi connectivity index (χ1n) is 4.34. The molecule has 0 radical (unpaired) electrons. The Kier molecular flexibility index (Phi) is 3.12. The molecule has 1 aliphatic carbocycles. The molecule has 1 saturated carbocycles. The smallest absolute Gasteiger partial charge is 0.302 e. The molecule has 14 heavy (non-hydrogen) atoms. The van der Waals surface area contributed by atoms with Crippen LogP contribution in [0.1, 0.15) is 26.7 Å². The first kappa shape index (κ1) is 11.8. The number of ether oxygens (including phenoxy) is 1. The number of carbonyl (C=O) groups is 2. The molecular weight excluding hydrogens is 227 g/mol. The molecule has 0 amide bonds. The van der Waals surface area contributed by atoms with E-state index in [1.165, 1.54) is 6.92 Å². The fourth-order valence-corrected chi connectivity index (χ4v) is 1.93. The first-order chi connectivity index (χ1) is 6.29. The summed E-state index contributed by atoms with van der Waals surface area (Å²) in [5.41, 5.74) is -0.470. The lowest BCUT2D eigenvalue weighted by Crippen LogP contribution is -2.56. The maximum absolute atomic E-state index is 11.1. The molecule has 0 heterocycles. The normalized spacial score (nSPS) is 29.6. The monoisotopic (exact) mass is 238 g/mol. The summed E-state index contributed by atoms with van der Waals surface area (Å²) in [4.78, 5) is 21.6.